The van der Waals surface area contributed by atoms with Gasteiger partial charge in [-0.25, -0.2) is 0 Å². The Hall–Kier alpha value is -1.73. The fraction of sp³-hybridized carbons (Fsp3) is 0.545. The Bertz CT molecular complexity index is 362. The Balaban J connectivity index is 2.40. The Morgan fingerprint density at radius 2 is 2.22 bits per heavy atom. The zero-order valence-electron chi connectivity index (χ0n) is 10.2. The molecule has 0 aromatic heterocycles. The number of rotatable bonds is 6. The molecular formula is C11H19N5O2. The maximum absolute atomic E-state index is 9.04. The summed E-state index contributed by atoms with van der Waals surface area (Å²) < 4.78 is 0. The van der Waals surface area contributed by atoms with Crippen molar-refractivity contribution in [3.63, 3.8) is 0 Å². The van der Waals surface area contributed by atoms with E-state index in [2.05, 4.69) is 15.5 Å². The van der Waals surface area contributed by atoms with Crippen molar-refractivity contribution in [1.82, 2.24) is 11.0 Å². The first-order chi connectivity index (χ1) is 8.77. The third-order valence-corrected chi connectivity index (χ3v) is 2.57. The number of nitrogens with zero attached hydrogens (tertiary/aromatic N) is 2. The van der Waals surface area contributed by atoms with Gasteiger partial charge in [-0.3, -0.25) is 31.4 Å². The van der Waals surface area contributed by atoms with Gasteiger partial charge in [-0.15, -0.1) is 0 Å². The standard InChI is InChI=1S/C11H19N5O2/c12-10-4-2-9(3-5-10)11(16-18)14-7-1-6-13-8-15-17/h2,8,12,17-18H,1,3-7H2,(H,13,15)(H,14,16). The van der Waals surface area contributed by atoms with E-state index in [1.54, 1.807) is 0 Å². The molecule has 0 aromatic carbocycles. The van der Waals surface area contributed by atoms with Crippen molar-refractivity contribution in [2.45, 2.75) is 25.7 Å². The monoisotopic (exact) mass is 253 g/mol. The largest absolute Gasteiger partial charge is 0.309 e. The van der Waals surface area contributed by atoms with Gasteiger partial charge in [0.25, 0.3) is 0 Å². The van der Waals surface area contributed by atoms with E-state index in [0.717, 1.165) is 24.8 Å². The summed E-state index contributed by atoms with van der Waals surface area (Å²) in [6, 6.07) is 0. The molecule has 0 spiro atoms. The lowest BCUT2D eigenvalue weighted by atomic mass is 9.97. The molecule has 5 N–H and O–H groups in total. The Labute approximate surface area is 106 Å². The molecule has 0 bridgehead atoms. The van der Waals surface area contributed by atoms with Gasteiger partial charge in [-0.2, -0.15) is 0 Å². The molecule has 7 heteroatoms. The zero-order chi connectivity index (χ0) is 13.2. The van der Waals surface area contributed by atoms with E-state index in [1.165, 1.54) is 6.34 Å². The lowest BCUT2D eigenvalue weighted by Gasteiger charge is -2.14. The summed E-state index contributed by atoms with van der Waals surface area (Å²) in [6.45, 7) is 1.10. The van der Waals surface area contributed by atoms with Crippen LogP contribution in [0.1, 0.15) is 25.7 Å². The molecular weight excluding hydrogens is 234 g/mol. The summed E-state index contributed by atoms with van der Waals surface area (Å²) in [6.07, 6.45) is 5.94. The number of allylic oxidation sites excluding steroid dienone is 1. The second-order valence-corrected chi connectivity index (χ2v) is 3.90. The van der Waals surface area contributed by atoms with Crippen LogP contribution in [0.15, 0.2) is 21.6 Å². The molecule has 18 heavy (non-hydrogen) atoms. The summed E-state index contributed by atoms with van der Waals surface area (Å²) in [5, 5.41) is 24.8. The minimum atomic E-state index is 0.478. The number of aliphatic imine (C=N–C) groups is 2. The Morgan fingerprint density at radius 3 is 2.83 bits per heavy atom. The van der Waals surface area contributed by atoms with Gasteiger partial charge in [-0.1, -0.05) is 6.08 Å². The lowest BCUT2D eigenvalue weighted by Crippen LogP contribution is -2.24. The highest BCUT2D eigenvalue weighted by Gasteiger charge is 2.12. The molecule has 0 fully saturated rings. The summed E-state index contributed by atoms with van der Waals surface area (Å²) in [7, 11) is 0. The Morgan fingerprint density at radius 1 is 1.39 bits per heavy atom. The van der Waals surface area contributed by atoms with Crippen LogP contribution in [0.25, 0.3) is 0 Å². The predicted molar refractivity (Wildman–Crippen MR) is 69.8 cm³/mol. The number of hydrogen-bond acceptors (Lipinski definition) is 5. The second-order valence-electron chi connectivity index (χ2n) is 3.90. The average molecular weight is 253 g/mol. The van der Waals surface area contributed by atoms with Crippen LogP contribution in [0.3, 0.4) is 0 Å². The van der Waals surface area contributed by atoms with Gasteiger partial charge in [0.2, 0.25) is 0 Å². The van der Waals surface area contributed by atoms with Crippen LogP contribution in [0.2, 0.25) is 0 Å². The Kier molecular flexibility index (Phi) is 6.67. The van der Waals surface area contributed by atoms with Crippen LogP contribution in [-0.4, -0.2) is 41.4 Å². The minimum Gasteiger partial charge on any atom is -0.309 e. The second kappa shape index (κ2) is 8.37. The summed E-state index contributed by atoms with van der Waals surface area (Å²) in [5.41, 5.74) is 5.60. The molecule has 100 valence electrons. The first-order valence-corrected chi connectivity index (χ1v) is 5.86. The molecule has 0 amide bonds. The van der Waals surface area contributed by atoms with E-state index in [-0.39, 0.29) is 0 Å². The maximum Gasteiger partial charge on any atom is 0.147 e. The van der Waals surface area contributed by atoms with Crippen LogP contribution in [0, 0.1) is 5.41 Å². The highest BCUT2D eigenvalue weighted by molar-refractivity contribution is 6.00. The van der Waals surface area contributed by atoms with Crippen molar-refractivity contribution >= 4 is 17.9 Å². The third kappa shape index (κ3) is 5.07. The quantitative estimate of drug-likeness (QED) is 0.209. The molecule has 0 radical (unpaired) electrons. The molecule has 0 aliphatic heterocycles. The number of nitrogens with one attached hydrogen (secondary N) is 3. The van der Waals surface area contributed by atoms with Gasteiger partial charge in [-0.05, 0) is 24.8 Å². The zero-order valence-corrected chi connectivity index (χ0v) is 10.2. The van der Waals surface area contributed by atoms with E-state index >= 15 is 0 Å². The van der Waals surface area contributed by atoms with Crippen LogP contribution < -0.4 is 11.0 Å². The van der Waals surface area contributed by atoms with Gasteiger partial charge in [0, 0.05) is 25.2 Å². The molecule has 0 saturated carbocycles. The number of hydrogen-bond donors (Lipinski definition) is 5. The first-order valence-electron chi connectivity index (χ1n) is 5.86. The molecule has 0 unspecified atom stereocenters. The van der Waals surface area contributed by atoms with Gasteiger partial charge < -0.3 is 5.41 Å². The maximum atomic E-state index is 9.04. The van der Waals surface area contributed by atoms with E-state index < -0.39 is 0 Å². The summed E-state index contributed by atoms with van der Waals surface area (Å²) >= 11 is 0. The topological polar surface area (TPSA) is 113 Å². The van der Waals surface area contributed by atoms with Crippen LogP contribution in [0.4, 0.5) is 0 Å². The van der Waals surface area contributed by atoms with Crippen LogP contribution >= 0.6 is 0 Å². The summed E-state index contributed by atoms with van der Waals surface area (Å²) in [4.78, 5) is 8.10. The van der Waals surface area contributed by atoms with Crippen molar-refractivity contribution < 1.29 is 10.4 Å². The molecule has 0 heterocycles. The number of amidine groups is 1. The van der Waals surface area contributed by atoms with Crippen molar-refractivity contribution in [3.05, 3.63) is 11.6 Å². The molecule has 1 aliphatic rings. The molecule has 1 rings (SSSR count). The highest BCUT2D eigenvalue weighted by Crippen LogP contribution is 2.15. The van der Waals surface area contributed by atoms with Crippen molar-refractivity contribution in [1.29, 1.82) is 5.41 Å². The molecule has 0 aromatic rings. The van der Waals surface area contributed by atoms with Crippen LogP contribution in [0.5, 0.6) is 0 Å². The molecule has 7 nitrogen and oxygen atoms in total. The van der Waals surface area contributed by atoms with Crippen molar-refractivity contribution in [2.24, 2.45) is 9.98 Å². The summed E-state index contributed by atoms with van der Waals surface area (Å²) in [5.74, 6) is 0.478. The lowest BCUT2D eigenvalue weighted by molar-refractivity contribution is 0.234. The SMILES string of the molecule is N=C1CC=C(C(=NCCCN=CNO)NO)CC1. The molecule has 1 aliphatic carbocycles. The fourth-order valence-electron chi connectivity index (χ4n) is 1.62. The van der Waals surface area contributed by atoms with Gasteiger partial charge in [0.15, 0.2) is 0 Å². The molecule has 0 atom stereocenters. The van der Waals surface area contributed by atoms with Crippen molar-refractivity contribution in [3.8, 4) is 0 Å². The van der Waals surface area contributed by atoms with Crippen LogP contribution in [-0.2, 0) is 0 Å². The minimum absolute atomic E-state index is 0.478. The van der Waals surface area contributed by atoms with Gasteiger partial charge in [0.05, 0.1) is 0 Å². The third-order valence-electron chi connectivity index (χ3n) is 2.57. The first kappa shape index (κ1) is 14.3. The van der Waals surface area contributed by atoms with Crippen molar-refractivity contribution in [2.75, 3.05) is 13.1 Å². The average Bonchev–Trinajstić information content (AvgIpc) is 2.39. The van der Waals surface area contributed by atoms with Gasteiger partial charge in [0.1, 0.15) is 12.2 Å². The normalized spacial score (nSPS) is 16.9. The van der Waals surface area contributed by atoms with E-state index in [4.69, 9.17) is 15.8 Å². The highest BCUT2D eigenvalue weighted by atomic mass is 16.5. The fourth-order valence-corrected chi connectivity index (χ4v) is 1.62. The number of hydroxylamine groups is 2. The van der Waals surface area contributed by atoms with E-state index in [9.17, 15) is 0 Å². The smallest absolute Gasteiger partial charge is 0.147 e. The van der Waals surface area contributed by atoms with E-state index in [1.807, 2.05) is 11.6 Å². The predicted octanol–water partition coefficient (Wildman–Crippen LogP) is 0.891. The van der Waals surface area contributed by atoms with Gasteiger partial charge >= 0.3 is 0 Å². The molecule has 0 saturated heterocycles. The van der Waals surface area contributed by atoms with E-state index in [0.29, 0.717) is 31.1 Å².